The van der Waals surface area contributed by atoms with E-state index in [1.165, 1.54) is 22.2 Å². The highest BCUT2D eigenvalue weighted by Crippen LogP contribution is 2.21. The number of fused-ring (bicyclic) bond motifs is 1. The van der Waals surface area contributed by atoms with Gasteiger partial charge in [0.05, 0.1) is 11.7 Å². The van der Waals surface area contributed by atoms with Crippen molar-refractivity contribution in [2.45, 2.75) is 33.7 Å². The molecule has 0 bridgehead atoms. The average molecular weight is 341 g/mol. The molecule has 0 atom stereocenters. The molecule has 124 valence electrons. The van der Waals surface area contributed by atoms with E-state index in [1.807, 2.05) is 45.0 Å². The van der Waals surface area contributed by atoms with Gasteiger partial charge in [0.2, 0.25) is 5.91 Å². The molecule has 0 aliphatic carbocycles. The fourth-order valence-electron chi connectivity index (χ4n) is 2.70. The van der Waals surface area contributed by atoms with Gasteiger partial charge in [-0.2, -0.15) is 0 Å². The van der Waals surface area contributed by atoms with Gasteiger partial charge in [0, 0.05) is 10.6 Å². The van der Waals surface area contributed by atoms with Gasteiger partial charge in [0.1, 0.15) is 11.4 Å². The summed E-state index contributed by atoms with van der Waals surface area (Å²) in [6.45, 7) is 5.95. The van der Waals surface area contributed by atoms with E-state index in [4.69, 9.17) is 0 Å². The summed E-state index contributed by atoms with van der Waals surface area (Å²) >= 11 is 1.52. The van der Waals surface area contributed by atoms with E-state index in [1.54, 1.807) is 0 Å². The molecule has 0 spiro atoms. The maximum atomic E-state index is 12.5. The largest absolute Gasteiger partial charge is 0.325 e. The minimum Gasteiger partial charge on any atom is -0.325 e. The van der Waals surface area contributed by atoms with Crippen molar-refractivity contribution in [2.75, 3.05) is 5.32 Å². The van der Waals surface area contributed by atoms with Crippen molar-refractivity contribution in [1.82, 2.24) is 9.55 Å². The van der Waals surface area contributed by atoms with Crippen molar-refractivity contribution in [2.24, 2.45) is 0 Å². The zero-order chi connectivity index (χ0) is 17.3. The first-order chi connectivity index (χ1) is 11.5. The summed E-state index contributed by atoms with van der Waals surface area (Å²) in [4.78, 5) is 30.9. The van der Waals surface area contributed by atoms with Crippen LogP contribution in [0.5, 0.6) is 0 Å². The number of amides is 1. The normalized spacial score (nSPS) is 11.0. The van der Waals surface area contributed by atoms with Crippen LogP contribution in [0.4, 0.5) is 5.69 Å². The predicted molar refractivity (Wildman–Crippen MR) is 97.8 cm³/mol. The molecule has 24 heavy (non-hydrogen) atoms. The van der Waals surface area contributed by atoms with E-state index in [9.17, 15) is 9.59 Å². The Morgan fingerprint density at radius 2 is 1.92 bits per heavy atom. The second kappa shape index (κ2) is 6.57. The van der Waals surface area contributed by atoms with E-state index < -0.39 is 0 Å². The Hall–Kier alpha value is -2.47. The number of thiophene rings is 1. The molecule has 6 heteroatoms. The highest BCUT2D eigenvalue weighted by Gasteiger charge is 2.11. The number of carbonyl (C=O) groups is 1. The first-order valence-corrected chi connectivity index (χ1v) is 8.64. The van der Waals surface area contributed by atoms with Crippen LogP contribution in [0.15, 0.2) is 35.4 Å². The molecule has 2 aromatic heterocycles. The molecule has 0 aliphatic rings. The molecular formula is C18H19N3O2S. The summed E-state index contributed by atoms with van der Waals surface area (Å²) in [7, 11) is 0. The fourth-order valence-corrected chi connectivity index (χ4v) is 3.62. The molecule has 0 saturated carbocycles. The zero-order valence-electron chi connectivity index (χ0n) is 13.9. The second-order valence-electron chi connectivity index (χ2n) is 5.89. The van der Waals surface area contributed by atoms with Crippen LogP contribution in [0, 0.1) is 13.8 Å². The van der Waals surface area contributed by atoms with Gasteiger partial charge in [-0.05, 0) is 49.6 Å². The molecule has 0 radical (unpaired) electrons. The molecular weight excluding hydrogens is 322 g/mol. The third kappa shape index (κ3) is 3.38. The molecule has 0 fully saturated rings. The van der Waals surface area contributed by atoms with Gasteiger partial charge in [-0.1, -0.05) is 13.0 Å². The quantitative estimate of drug-likeness (QED) is 0.792. The number of aromatic nitrogens is 2. The predicted octanol–water partition coefficient (Wildman–Crippen LogP) is 3.28. The van der Waals surface area contributed by atoms with Crippen LogP contribution in [0.25, 0.3) is 10.2 Å². The SMILES string of the molecule is CCc1cc2c(=O)n(CC(=O)Nc3cc(C)cc(C)c3)cnc2s1. The Kier molecular flexibility index (Phi) is 4.49. The molecule has 0 aliphatic heterocycles. The van der Waals surface area contributed by atoms with Gasteiger partial charge in [-0.3, -0.25) is 14.2 Å². The Balaban J connectivity index is 1.82. The molecule has 5 nitrogen and oxygen atoms in total. The lowest BCUT2D eigenvalue weighted by atomic mass is 10.1. The minimum atomic E-state index is -0.241. The van der Waals surface area contributed by atoms with Gasteiger partial charge in [-0.25, -0.2) is 4.98 Å². The smallest absolute Gasteiger partial charge is 0.262 e. The van der Waals surface area contributed by atoms with Crippen molar-refractivity contribution in [1.29, 1.82) is 0 Å². The lowest BCUT2D eigenvalue weighted by Gasteiger charge is -2.09. The number of nitrogens with zero attached hydrogens (tertiary/aromatic N) is 2. The highest BCUT2D eigenvalue weighted by atomic mass is 32.1. The average Bonchev–Trinajstić information content (AvgIpc) is 2.93. The maximum Gasteiger partial charge on any atom is 0.262 e. The van der Waals surface area contributed by atoms with Crippen LogP contribution in [0.1, 0.15) is 22.9 Å². The van der Waals surface area contributed by atoms with E-state index in [0.717, 1.165) is 32.9 Å². The number of hydrogen-bond acceptors (Lipinski definition) is 4. The number of carbonyl (C=O) groups excluding carboxylic acids is 1. The summed E-state index contributed by atoms with van der Waals surface area (Å²) in [5.74, 6) is -0.241. The first-order valence-electron chi connectivity index (χ1n) is 7.82. The fraction of sp³-hybridized carbons (Fsp3) is 0.278. The first kappa shape index (κ1) is 16.4. The minimum absolute atomic E-state index is 0.0495. The number of benzene rings is 1. The van der Waals surface area contributed by atoms with Crippen molar-refractivity contribution in [3.05, 3.63) is 57.0 Å². The second-order valence-corrected chi connectivity index (χ2v) is 7.00. The maximum absolute atomic E-state index is 12.5. The monoisotopic (exact) mass is 341 g/mol. The van der Waals surface area contributed by atoms with Gasteiger partial charge in [0.15, 0.2) is 0 Å². The number of aryl methyl sites for hydroxylation is 3. The van der Waals surface area contributed by atoms with Gasteiger partial charge >= 0.3 is 0 Å². The number of hydrogen-bond donors (Lipinski definition) is 1. The summed E-state index contributed by atoms with van der Waals surface area (Å²) < 4.78 is 1.35. The topological polar surface area (TPSA) is 64.0 Å². The molecule has 1 amide bonds. The van der Waals surface area contributed by atoms with E-state index >= 15 is 0 Å². The van der Waals surface area contributed by atoms with Crippen LogP contribution in [0.3, 0.4) is 0 Å². The lowest BCUT2D eigenvalue weighted by Crippen LogP contribution is -2.27. The zero-order valence-corrected chi connectivity index (χ0v) is 14.7. The number of nitrogens with one attached hydrogen (secondary N) is 1. The van der Waals surface area contributed by atoms with Gasteiger partial charge in [-0.15, -0.1) is 11.3 Å². The Morgan fingerprint density at radius 1 is 1.21 bits per heavy atom. The number of anilines is 1. The molecule has 0 saturated heterocycles. The van der Waals surface area contributed by atoms with Crippen molar-refractivity contribution >= 4 is 33.1 Å². The summed E-state index contributed by atoms with van der Waals surface area (Å²) in [5, 5.41) is 3.42. The van der Waals surface area contributed by atoms with Crippen molar-refractivity contribution in [3.63, 3.8) is 0 Å². The summed E-state index contributed by atoms with van der Waals surface area (Å²) in [5.41, 5.74) is 2.72. The molecule has 3 aromatic rings. The Bertz CT molecular complexity index is 952. The standard InChI is InChI=1S/C18H19N3O2S/c1-4-14-8-15-17(24-14)19-10-21(18(15)23)9-16(22)20-13-6-11(2)5-12(3)7-13/h5-8,10H,4,9H2,1-3H3,(H,20,22). The third-order valence-corrected chi connectivity index (χ3v) is 4.92. The molecule has 1 N–H and O–H groups in total. The van der Waals surface area contributed by atoms with Gasteiger partial charge in [0.25, 0.3) is 5.56 Å². The van der Waals surface area contributed by atoms with E-state index in [2.05, 4.69) is 10.3 Å². The summed E-state index contributed by atoms with van der Waals surface area (Å²) in [6, 6.07) is 7.72. The van der Waals surface area contributed by atoms with Crippen LogP contribution in [-0.2, 0) is 17.8 Å². The molecule has 3 rings (SSSR count). The highest BCUT2D eigenvalue weighted by molar-refractivity contribution is 7.18. The van der Waals surface area contributed by atoms with E-state index in [0.29, 0.717) is 5.39 Å². The third-order valence-electron chi connectivity index (χ3n) is 3.74. The van der Waals surface area contributed by atoms with Crippen LogP contribution >= 0.6 is 11.3 Å². The van der Waals surface area contributed by atoms with Crippen LogP contribution in [0.2, 0.25) is 0 Å². The van der Waals surface area contributed by atoms with Crippen molar-refractivity contribution < 1.29 is 4.79 Å². The van der Waals surface area contributed by atoms with Crippen LogP contribution in [-0.4, -0.2) is 15.5 Å². The Morgan fingerprint density at radius 3 is 2.58 bits per heavy atom. The molecule has 2 heterocycles. The van der Waals surface area contributed by atoms with Crippen molar-refractivity contribution in [3.8, 4) is 0 Å². The summed E-state index contributed by atoms with van der Waals surface area (Å²) in [6.07, 6.45) is 2.31. The van der Waals surface area contributed by atoms with E-state index in [-0.39, 0.29) is 18.0 Å². The van der Waals surface area contributed by atoms with Gasteiger partial charge < -0.3 is 5.32 Å². The van der Waals surface area contributed by atoms with Crippen LogP contribution < -0.4 is 10.9 Å². The Labute approximate surface area is 144 Å². The lowest BCUT2D eigenvalue weighted by molar-refractivity contribution is -0.116. The molecule has 1 aromatic carbocycles. The molecule has 0 unspecified atom stereocenters. The number of rotatable bonds is 4.